The van der Waals surface area contributed by atoms with Gasteiger partial charge in [0, 0.05) is 25.4 Å². The van der Waals surface area contributed by atoms with E-state index in [0.29, 0.717) is 25.2 Å². The molecule has 1 aromatic rings. The minimum atomic E-state index is -0.486. The maximum absolute atomic E-state index is 13.2. The number of nitrogens with zero attached hydrogens (tertiary/aromatic N) is 1. The van der Waals surface area contributed by atoms with Gasteiger partial charge in [-0.3, -0.25) is 4.79 Å². The smallest absolute Gasteiger partial charge is 0.322 e. The molecule has 0 unspecified atom stereocenters. The summed E-state index contributed by atoms with van der Waals surface area (Å²) < 4.78 is 18.7. The fraction of sp³-hybridized carbons (Fsp3) is 0.529. The highest BCUT2D eigenvalue weighted by atomic mass is 19.1. The summed E-state index contributed by atoms with van der Waals surface area (Å²) >= 11 is 0. The van der Waals surface area contributed by atoms with Gasteiger partial charge in [0.2, 0.25) is 5.91 Å². The zero-order valence-electron chi connectivity index (χ0n) is 13.5. The molecule has 3 rings (SSSR count). The number of carbonyl (C=O) groups excluding carboxylic acids is 2. The lowest BCUT2D eigenvalue weighted by Gasteiger charge is -2.24. The molecule has 0 saturated carbocycles. The van der Waals surface area contributed by atoms with E-state index < -0.39 is 11.9 Å². The van der Waals surface area contributed by atoms with Crippen molar-refractivity contribution < 1.29 is 18.7 Å². The van der Waals surface area contributed by atoms with Crippen molar-refractivity contribution in [3.63, 3.8) is 0 Å². The van der Waals surface area contributed by atoms with Crippen LogP contribution in [-0.2, 0) is 9.53 Å². The van der Waals surface area contributed by atoms with E-state index in [1.54, 1.807) is 6.07 Å². The van der Waals surface area contributed by atoms with Crippen LogP contribution in [-0.4, -0.2) is 48.7 Å². The molecule has 7 heteroatoms. The van der Waals surface area contributed by atoms with Crippen LogP contribution in [0.1, 0.15) is 25.7 Å². The van der Waals surface area contributed by atoms with Gasteiger partial charge in [-0.05, 0) is 43.9 Å². The summed E-state index contributed by atoms with van der Waals surface area (Å²) in [6.07, 6.45) is 3.45. The fourth-order valence-corrected chi connectivity index (χ4v) is 3.18. The van der Waals surface area contributed by atoms with Gasteiger partial charge in [0.25, 0.3) is 0 Å². The van der Waals surface area contributed by atoms with Gasteiger partial charge in [-0.1, -0.05) is 6.07 Å². The molecule has 0 bridgehead atoms. The molecule has 0 aromatic heterocycles. The molecule has 2 heterocycles. The zero-order valence-corrected chi connectivity index (χ0v) is 13.5. The van der Waals surface area contributed by atoms with Crippen LogP contribution in [0.4, 0.5) is 14.9 Å². The first-order valence-electron chi connectivity index (χ1n) is 8.36. The lowest BCUT2D eigenvalue weighted by atomic mass is 10.2. The van der Waals surface area contributed by atoms with Gasteiger partial charge in [0.15, 0.2) is 0 Å². The average molecular weight is 335 g/mol. The molecular weight excluding hydrogens is 313 g/mol. The van der Waals surface area contributed by atoms with E-state index in [1.165, 1.54) is 23.1 Å². The van der Waals surface area contributed by atoms with Gasteiger partial charge in [0.05, 0.1) is 6.10 Å². The predicted molar refractivity (Wildman–Crippen MR) is 87.1 cm³/mol. The normalized spacial score (nSPS) is 23.3. The maximum Gasteiger partial charge on any atom is 0.322 e. The second-order valence-corrected chi connectivity index (χ2v) is 6.17. The summed E-state index contributed by atoms with van der Waals surface area (Å²) in [5.74, 6) is -0.572. The first-order chi connectivity index (χ1) is 11.6. The van der Waals surface area contributed by atoms with Crippen LogP contribution in [0.15, 0.2) is 24.3 Å². The molecule has 0 radical (unpaired) electrons. The Morgan fingerprint density at radius 2 is 2.17 bits per heavy atom. The molecule has 2 fully saturated rings. The van der Waals surface area contributed by atoms with Crippen molar-refractivity contribution in [1.29, 1.82) is 0 Å². The van der Waals surface area contributed by atoms with E-state index >= 15 is 0 Å². The van der Waals surface area contributed by atoms with Crippen LogP contribution in [0.5, 0.6) is 0 Å². The monoisotopic (exact) mass is 335 g/mol. The van der Waals surface area contributed by atoms with E-state index in [9.17, 15) is 14.0 Å². The average Bonchev–Trinajstić information content (AvgIpc) is 3.24. The highest BCUT2D eigenvalue weighted by molar-refractivity contribution is 5.94. The van der Waals surface area contributed by atoms with E-state index in [-0.39, 0.29) is 18.0 Å². The Hall–Kier alpha value is -2.15. The van der Waals surface area contributed by atoms with E-state index in [2.05, 4.69) is 10.6 Å². The lowest BCUT2D eigenvalue weighted by molar-refractivity contribution is -0.125. The Balaban J connectivity index is 1.55. The standard InChI is InChI=1S/C17H22FN3O3/c18-12-4-1-5-13(10-12)20-17(23)21-8-2-7-15(21)16(22)19-11-14-6-3-9-24-14/h1,4-5,10,14-15H,2-3,6-9,11H2,(H,19,22)(H,20,23)/t14-,15-/m0/s1. The van der Waals surface area contributed by atoms with Gasteiger partial charge in [-0.15, -0.1) is 0 Å². The van der Waals surface area contributed by atoms with Crippen LogP contribution >= 0.6 is 0 Å². The Morgan fingerprint density at radius 1 is 1.29 bits per heavy atom. The maximum atomic E-state index is 13.2. The minimum Gasteiger partial charge on any atom is -0.376 e. The van der Waals surface area contributed by atoms with E-state index in [0.717, 1.165) is 25.9 Å². The summed E-state index contributed by atoms with van der Waals surface area (Å²) in [5.41, 5.74) is 0.380. The summed E-state index contributed by atoms with van der Waals surface area (Å²) in [5, 5.41) is 5.53. The number of hydrogen-bond donors (Lipinski definition) is 2. The third kappa shape index (κ3) is 4.03. The number of hydrogen-bond acceptors (Lipinski definition) is 3. The molecule has 130 valence electrons. The van der Waals surface area contributed by atoms with Gasteiger partial charge in [-0.2, -0.15) is 0 Å². The zero-order chi connectivity index (χ0) is 16.9. The number of halogens is 1. The number of benzene rings is 1. The van der Waals surface area contributed by atoms with Crippen LogP contribution in [0.25, 0.3) is 0 Å². The van der Waals surface area contributed by atoms with Crippen LogP contribution < -0.4 is 10.6 Å². The van der Waals surface area contributed by atoms with Crippen molar-refractivity contribution in [2.45, 2.75) is 37.8 Å². The highest BCUT2D eigenvalue weighted by Crippen LogP contribution is 2.20. The summed E-state index contributed by atoms with van der Waals surface area (Å²) in [6, 6.07) is 4.84. The Morgan fingerprint density at radius 3 is 2.92 bits per heavy atom. The molecule has 2 aliphatic rings. The van der Waals surface area contributed by atoms with Gasteiger partial charge < -0.3 is 20.3 Å². The molecule has 6 nitrogen and oxygen atoms in total. The molecule has 0 spiro atoms. The number of carbonyl (C=O) groups is 2. The van der Waals surface area contributed by atoms with Gasteiger partial charge >= 0.3 is 6.03 Å². The first-order valence-corrected chi connectivity index (χ1v) is 8.36. The molecule has 1 aromatic carbocycles. The number of anilines is 1. The van der Waals surface area contributed by atoms with Gasteiger partial charge in [0.1, 0.15) is 11.9 Å². The van der Waals surface area contributed by atoms with Crippen molar-refractivity contribution in [3.05, 3.63) is 30.1 Å². The number of urea groups is 1. The largest absolute Gasteiger partial charge is 0.376 e. The second kappa shape index (κ2) is 7.61. The van der Waals surface area contributed by atoms with Crippen molar-refractivity contribution in [2.24, 2.45) is 0 Å². The molecule has 24 heavy (non-hydrogen) atoms. The number of nitrogens with one attached hydrogen (secondary N) is 2. The van der Waals surface area contributed by atoms with Crippen molar-refractivity contribution >= 4 is 17.6 Å². The van der Waals surface area contributed by atoms with Crippen LogP contribution in [0, 0.1) is 5.82 Å². The van der Waals surface area contributed by atoms with Crippen molar-refractivity contribution in [2.75, 3.05) is 25.0 Å². The predicted octanol–water partition coefficient (Wildman–Crippen LogP) is 2.12. The number of amides is 3. The summed E-state index contributed by atoms with van der Waals surface area (Å²) in [4.78, 5) is 26.3. The van der Waals surface area contributed by atoms with E-state index in [4.69, 9.17) is 4.74 Å². The van der Waals surface area contributed by atoms with Crippen LogP contribution in [0.2, 0.25) is 0 Å². The highest BCUT2D eigenvalue weighted by Gasteiger charge is 2.34. The SMILES string of the molecule is O=C(NC[C@@H]1CCCO1)[C@@H]1CCCN1C(=O)Nc1cccc(F)c1. The number of likely N-dealkylation sites (tertiary alicyclic amines) is 1. The van der Waals surface area contributed by atoms with Gasteiger partial charge in [-0.25, -0.2) is 9.18 Å². The van der Waals surface area contributed by atoms with E-state index in [1.807, 2.05) is 0 Å². The molecule has 2 saturated heterocycles. The Bertz CT molecular complexity index is 604. The Kier molecular flexibility index (Phi) is 5.30. The van der Waals surface area contributed by atoms with Crippen LogP contribution in [0.3, 0.4) is 0 Å². The first kappa shape index (κ1) is 16.7. The summed E-state index contributed by atoms with van der Waals surface area (Å²) in [7, 11) is 0. The third-order valence-electron chi connectivity index (χ3n) is 4.42. The summed E-state index contributed by atoms with van der Waals surface area (Å²) in [6.45, 7) is 1.74. The topological polar surface area (TPSA) is 70.7 Å². The third-order valence-corrected chi connectivity index (χ3v) is 4.42. The molecule has 0 aliphatic carbocycles. The fourth-order valence-electron chi connectivity index (χ4n) is 3.18. The molecule has 3 amide bonds. The lowest BCUT2D eigenvalue weighted by Crippen LogP contribution is -2.48. The number of ether oxygens (including phenoxy) is 1. The second-order valence-electron chi connectivity index (χ2n) is 6.17. The molecule has 2 N–H and O–H groups in total. The van der Waals surface area contributed by atoms with Crippen molar-refractivity contribution in [1.82, 2.24) is 10.2 Å². The van der Waals surface area contributed by atoms with Crippen molar-refractivity contribution in [3.8, 4) is 0 Å². The molecule has 2 atom stereocenters. The number of rotatable bonds is 4. The quantitative estimate of drug-likeness (QED) is 0.885. The Labute approximate surface area is 140 Å². The molecular formula is C17H22FN3O3. The minimum absolute atomic E-state index is 0.0740. The molecule has 2 aliphatic heterocycles.